The van der Waals surface area contributed by atoms with E-state index in [2.05, 4.69) is 50.8 Å². The topological polar surface area (TPSA) is 68.0 Å². The number of nitrogens with one attached hydrogen (secondary N) is 1. The van der Waals surface area contributed by atoms with Gasteiger partial charge in [-0.1, -0.05) is 24.3 Å². The molecule has 5 rings (SSSR count). The van der Waals surface area contributed by atoms with Crippen LogP contribution in [0.1, 0.15) is 23.5 Å². The minimum absolute atomic E-state index is 0.654. The number of benzene rings is 1. The van der Waals surface area contributed by atoms with Gasteiger partial charge in [0.1, 0.15) is 0 Å². The number of fused-ring (bicyclic) bond motifs is 2. The molecule has 6 nitrogen and oxygen atoms in total. The smallest absolute Gasteiger partial charge is 0.177 e. The Bertz CT molecular complexity index is 1250. The molecule has 136 valence electrons. The Morgan fingerprint density at radius 1 is 1.04 bits per heavy atom. The summed E-state index contributed by atoms with van der Waals surface area (Å²) >= 11 is 0. The zero-order valence-electron chi connectivity index (χ0n) is 15.2. The fourth-order valence-corrected chi connectivity index (χ4v) is 3.30. The Morgan fingerprint density at radius 3 is 3.04 bits per heavy atom. The molecule has 6 heteroatoms. The molecule has 1 aliphatic heterocycles. The summed E-state index contributed by atoms with van der Waals surface area (Å²) in [6.07, 6.45) is 13.4. The summed E-state index contributed by atoms with van der Waals surface area (Å²) in [5.74, 6) is 0.813. The number of hydrogen-bond donors (Lipinski definition) is 1. The van der Waals surface area contributed by atoms with Gasteiger partial charge in [-0.15, -0.1) is 10.2 Å². The van der Waals surface area contributed by atoms with Crippen LogP contribution in [0, 0.1) is 0 Å². The van der Waals surface area contributed by atoms with Gasteiger partial charge in [-0.2, -0.15) is 9.61 Å². The average molecular weight is 366 g/mol. The molecular formula is C22H18N6. The number of hydrogen-bond acceptors (Lipinski definition) is 5. The van der Waals surface area contributed by atoms with E-state index in [1.54, 1.807) is 0 Å². The SMILES string of the molecule is C1=CN/C=C\C(c2ccc3nnc(Cc4ccc5ncccc5c4)n3n2)=C/C1. The van der Waals surface area contributed by atoms with Gasteiger partial charge in [0.15, 0.2) is 11.5 Å². The van der Waals surface area contributed by atoms with Gasteiger partial charge in [-0.3, -0.25) is 4.98 Å². The van der Waals surface area contributed by atoms with Crippen LogP contribution in [-0.2, 0) is 6.42 Å². The van der Waals surface area contributed by atoms with E-state index >= 15 is 0 Å². The van der Waals surface area contributed by atoms with Gasteiger partial charge < -0.3 is 5.32 Å². The predicted octanol–water partition coefficient (Wildman–Crippen LogP) is 3.67. The second kappa shape index (κ2) is 7.08. The van der Waals surface area contributed by atoms with Crippen LogP contribution < -0.4 is 5.32 Å². The van der Waals surface area contributed by atoms with Crippen molar-refractivity contribution in [2.24, 2.45) is 0 Å². The van der Waals surface area contributed by atoms with Crippen LogP contribution in [0.25, 0.3) is 22.1 Å². The fraction of sp³-hybridized carbons (Fsp3) is 0.0909. The molecule has 0 saturated heterocycles. The number of nitrogens with zero attached hydrogens (tertiary/aromatic N) is 5. The van der Waals surface area contributed by atoms with Crippen LogP contribution in [-0.4, -0.2) is 24.8 Å². The molecule has 28 heavy (non-hydrogen) atoms. The standard InChI is InChI=1S/C22H18N6/c1-2-11-23-13-10-17(4-1)20-8-9-21-25-26-22(28(21)27-20)15-16-6-7-19-18(14-16)5-3-12-24-19/h2-14,23H,1,15H2/b11-2?,13-10-,17-4+. The van der Waals surface area contributed by atoms with E-state index < -0.39 is 0 Å². The summed E-state index contributed by atoms with van der Waals surface area (Å²) in [4.78, 5) is 4.38. The van der Waals surface area contributed by atoms with Crippen LogP contribution in [0.4, 0.5) is 0 Å². The Kier molecular flexibility index (Phi) is 4.14. The van der Waals surface area contributed by atoms with Crippen molar-refractivity contribution in [2.75, 3.05) is 0 Å². The third kappa shape index (κ3) is 3.16. The van der Waals surface area contributed by atoms with Crippen molar-refractivity contribution in [3.63, 3.8) is 0 Å². The lowest BCUT2D eigenvalue weighted by Crippen LogP contribution is -2.03. The zero-order chi connectivity index (χ0) is 18.8. The number of allylic oxidation sites excluding steroid dienone is 4. The molecule has 1 aliphatic rings. The quantitative estimate of drug-likeness (QED) is 0.599. The van der Waals surface area contributed by atoms with Crippen molar-refractivity contribution in [1.82, 2.24) is 30.1 Å². The maximum atomic E-state index is 4.80. The maximum Gasteiger partial charge on any atom is 0.177 e. The molecule has 0 spiro atoms. The van der Waals surface area contributed by atoms with Crippen LogP contribution >= 0.6 is 0 Å². The van der Waals surface area contributed by atoms with Crippen LogP contribution in [0.5, 0.6) is 0 Å². The molecule has 4 aromatic rings. The first-order valence-corrected chi connectivity index (χ1v) is 9.20. The van der Waals surface area contributed by atoms with Crippen LogP contribution in [0.15, 0.2) is 79.3 Å². The van der Waals surface area contributed by atoms with Gasteiger partial charge in [0.25, 0.3) is 0 Å². The minimum Gasteiger partial charge on any atom is -0.368 e. The van der Waals surface area contributed by atoms with Crippen molar-refractivity contribution < 1.29 is 0 Å². The fourth-order valence-electron chi connectivity index (χ4n) is 3.30. The third-order valence-electron chi connectivity index (χ3n) is 4.70. The molecule has 0 saturated carbocycles. The van der Waals surface area contributed by atoms with E-state index in [9.17, 15) is 0 Å². The van der Waals surface area contributed by atoms with E-state index in [4.69, 9.17) is 5.10 Å². The second-order valence-corrected chi connectivity index (χ2v) is 6.61. The summed E-state index contributed by atoms with van der Waals surface area (Å²) in [7, 11) is 0. The number of aromatic nitrogens is 5. The molecule has 0 aliphatic carbocycles. The number of rotatable bonds is 3. The van der Waals surface area contributed by atoms with Crippen LogP contribution in [0.2, 0.25) is 0 Å². The molecule has 0 bridgehead atoms. The molecule has 3 aromatic heterocycles. The Labute approximate surface area is 161 Å². The Balaban J connectivity index is 1.51. The molecule has 1 N–H and O–H groups in total. The highest BCUT2D eigenvalue weighted by molar-refractivity contribution is 5.79. The van der Waals surface area contributed by atoms with Gasteiger partial charge in [-0.05, 0) is 60.2 Å². The lowest BCUT2D eigenvalue weighted by atomic mass is 10.1. The molecule has 1 aromatic carbocycles. The normalized spacial score (nSPS) is 16.9. The Hall–Kier alpha value is -3.80. The molecule has 0 fully saturated rings. The highest BCUT2D eigenvalue weighted by Gasteiger charge is 2.10. The van der Waals surface area contributed by atoms with Gasteiger partial charge in [0.2, 0.25) is 0 Å². The summed E-state index contributed by atoms with van der Waals surface area (Å²) in [6, 6.07) is 14.2. The van der Waals surface area contributed by atoms with Crippen molar-refractivity contribution in [3.8, 4) is 0 Å². The van der Waals surface area contributed by atoms with Crippen molar-refractivity contribution in [1.29, 1.82) is 0 Å². The van der Waals surface area contributed by atoms with E-state index in [1.165, 1.54) is 0 Å². The zero-order valence-corrected chi connectivity index (χ0v) is 15.2. The number of pyridine rings is 1. The van der Waals surface area contributed by atoms with Gasteiger partial charge in [-0.25, -0.2) is 0 Å². The van der Waals surface area contributed by atoms with Gasteiger partial charge in [0.05, 0.1) is 11.2 Å². The lowest BCUT2D eigenvalue weighted by molar-refractivity contribution is 0.831. The first kappa shape index (κ1) is 16.4. The maximum absolute atomic E-state index is 4.80. The molecule has 4 heterocycles. The minimum atomic E-state index is 0.654. The predicted molar refractivity (Wildman–Crippen MR) is 109 cm³/mol. The van der Waals surface area contributed by atoms with Crippen molar-refractivity contribution in [3.05, 3.63) is 96.4 Å². The van der Waals surface area contributed by atoms with Gasteiger partial charge in [0, 0.05) is 24.2 Å². The lowest BCUT2D eigenvalue weighted by Gasteiger charge is -2.06. The highest BCUT2D eigenvalue weighted by atomic mass is 15.4. The molecule has 0 amide bonds. The van der Waals surface area contributed by atoms with Gasteiger partial charge >= 0.3 is 0 Å². The third-order valence-corrected chi connectivity index (χ3v) is 4.70. The largest absolute Gasteiger partial charge is 0.368 e. The monoisotopic (exact) mass is 366 g/mol. The average Bonchev–Trinajstić information content (AvgIpc) is 3.10. The summed E-state index contributed by atoms with van der Waals surface area (Å²) in [6.45, 7) is 0. The van der Waals surface area contributed by atoms with Crippen LogP contribution in [0.3, 0.4) is 0 Å². The van der Waals surface area contributed by atoms with E-state index in [-0.39, 0.29) is 0 Å². The molecule has 0 atom stereocenters. The van der Waals surface area contributed by atoms with E-state index in [0.717, 1.165) is 45.6 Å². The van der Waals surface area contributed by atoms with Crippen molar-refractivity contribution in [2.45, 2.75) is 12.8 Å². The molecular weight excluding hydrogens is 348 g/mol. The Morgan fingerprint density at radius 2 is 2.04 bits per heavy atom. The summed E-state index contributed by atoms with van der Waals surface area (Å²) in [5, 5.41) is 17.7. The molecule has 0 unspecified atom stereocenters. The summed E-state index contributed by atoms with van der Waals surface area (Å²) in [5.41, 5.74) is 4.85. The summed E-state index contributed by atoms with van der Waals surface area (Å²) < 4.78 is 1.83. The highest BCUT2D eigenvalue weighted by Crippen LogP contribution is 2.19. The first-order chi connectivity index (χ1) is 13.9. The molecule has 0 radical (unpaired) electrons. The van der Waals surface area contributed by atoms with E-state index in [0.29, 0.717) is 6.42 Å². The first-order valence-electron chi connectivity index (χ1n) is 9.20. The second-order valence-electron chi connectivity index (χ2n) is 6.61. The van der Waals surface area contributed by atoms with Crippen molar-refractivity contribution >= 4 is 22.1 Å². The van der Waals surface area contributed by atoms with E-state index in [1.807, 2.05) is 53.5 Å².